The molecular formula is C12H13N3O6. The van der Waals surface area contributed by atoms with Crippen LogP contribution in [0.3, 0.4) is 0 Å². The molecule has 112 valence electrons. The second-order valence-corrected chi connectivity index (χ2v) is 4.70. The highest BCUT2D eigenvalue weighted by molar-refractivity contribution is 5.53. The number of nitrogens with zero attached hydrogens (tertiary/aromatic N) is 2. The molecule has 3 rings (SSSR count). The van der Waals surface area contributed by atoms with Crippen molar-refractivity contribution < 1.29 is 19.5 Å². The van der Waals surface area contributed by atoms with Crippen LogP contribution in [0, 0.1) is 0 Å². The maximum Gasteiger partial charge on any atom is 0.330 e. The van der Waals surface area contributed by atoms with Gasteiger partial charge < -0.3 is 19.5 Å². The molecule has 2 aromatic heterocycles. The number of aromatic amines is 1. The van der Waals surface area contributed by atoms with Gasteiger partial charge in [0.2, 0.25) is 0 Å². The van der Waals surface area contributed by atoms with Gasteiger partial charge >= 0.3 is 5.69 Å². The summed E-state index contributed by atoms with van der Waals surface area (Å²) in [4.78, 5) is 25.9. The van der Waals surface area contributed by atoms with Gasteiger partial charge in [-0.1, -0.05) is 5.16 Å². The van der Waals surface area contributed by atoms with Crippen LogP contribution in [0.1, 0.15) is 12.6 Å². The van der Waals surface area contributed by atoms with E-state index in [2.05, 4.69) is 10.1 Å². The van der Waals surface area contributed by atoms with E-state index >= 15 is 0 Å². The molecule has 0 bridgehead atoms. The van der Waals surface area contributed by atoms with E-state index in [0.717, 1.165) is 4.57 Å². The Morgan fingerprint density at radius 2 is 2.29 bits per heavy atom. The monoisotopic (exact) mass is 295 g/mol. The SMILES string of the molecule is O=c1[nH]c(=O)n([C@@H]2CC(O)[C@H](CO)O2)cc1-c1ccno1. The van der Waals surface area contributed by atoms with E-state index in [9.17, 15) is 14.7 Å². The Morgan fingerprint density at radius 3 is 2.90 bits per heavy atom. The minimum absolute atomic E-state index is 0.123. The minimum Gasteiger partial charge on any atom is -0.394 e. The number of hydrogen-bond acceptors (Lipinski definition) is 7. The van der Waals surface area contributed by atoms with Crippen LogP contribution in [0.25, 0.3) is 11.3 Å². The molecule has 0 spiro atoms. The molecule has 0 saturated carbocycles. The van der Waals surface area contributed by atoms with Crippen LogP contribution in [0.2, 0.25) is 0 Å². The number of aliphatic hydroxyl groups is 2. The Morgan fingerprint density at radius 1 is 1.48 bits per heavy atom. The second kappa shape index (κ2) is 5.28. The summed E-state index contributed by atoms with van der Waals surface area (Å²) in [6.45, 7) is -0.356. The summed E-state index contributed by atoms with van der Waals surface area (Å²) in [6.07, 6.45) is 0.381. The van der Waals surface area contributed by atoms with E-state index in [1.165, 1.54) is 18.5 Å². The molecule has 0 aromatic carbocycles. The summed E-state index contributed by atoms with van der Waals surface area (Å²) in [7, 11) is 0. The van der Waals surface area contributed by atoms with Gasteiger partial charge in [-0.3, -0.25) is 14.3 Å². The highest BCUT2D eigenvalue weighted by atomic mass is 16.5. The fourth-order valence-corrected chi connectivity index (χ4v) is 2.28. The summed E-state index contributed by atoms with van der Waals surface area (Å²) in [6, 6.07) is 1.49. The first kappa shape index (κ1) is 13.7. The lowest BCUT2D eigenvalue weighted by Crippen LogP contribution is -2.33. The molecule has 1 saturated heterocycles. The molecule has 1 fully saturated rings. The molecule has 1 unspecified atom stereocenters. The van der Waals surface area contributed by atoms with Gasteiger partial charge in [0.25, 0.3) is 5.56 Å². The third-order valence-electron chi connectivity index (χ3n) is 3.37. The Labute approximate surface area is 117 Å². The molecule has 9 heteroatoms. The molecule has 0 aliphatic carbocycles. The average molecular weight is 295 g/mol. The van der Waals surface area contributed by atoms with Crippen LogP contribution >= 0.6 is 0 Å². The number of aliphatic hydroxyl groups excluding tert-OH is 2. The first-order valence-corrected chi connectivity index (χ1v) is 6.31. The largest absolute Gasteiger partial charge is 0.394 e. The maximum atomic E-state index is 11.9. The highest BCUT2D eigenvalue weighted by Crippen LogP contribution is 2.27. The predicted octanol–water partition coefficient (Wildman–Crippen LogP) is -1.17. The molecule has 2 aromatic rings. The molecule has 1 aliphatic heterocycles. The molecular weight excluding hydrogens is 282 g/mol. The first-order chi connectivity index (χ1) is 10.1. The lowest BCUT2D eigenvalue weighted by molar-refractivity contribution is -0.0458. The van der Waals surface area contributed by atoms with Gasteiger partial charge in [-0.2, -0.15) is 0 Å². The fourth-order valence-electron chi connectivity index (χ4n) is 2.28. The third-order valence-corrected chi connectivity index (χ3v) is 3.37. The van der Waals surface area contributed by atoms with Crippen LogP contribution in [-0.2, 0) is 4.74 Å². The van der Waals surface area contributed by atoms with Gasteiger partial charge in [0.1, 0.15) is 17.9 Å². The quantitative estimate of drug-likeness (QED) is 0.650. The summed E-state index contributed by atoms with van der Waals surface area (Å²) in [5.41, 5.74) is -1.15. The van der Waals surface area contributed by atoms with Crippen LogP contribution in [0.4, 0.5) is 0 Å². The first-order valence-electron chi connectivity index (χ1n) is 6.31. The van der Waals surface area contributed by atoms with E-state index in [0.29, 0.717) is 0 Å². The number of ether oxygens (including phenoxy) is 1. The lowest BCUT2D eigenvalue weighted by Gasteiger charge is -2.14. The normalized spacial score (nSPS) is 25.3. The zero-order chi connectivity index (χ0) is 15.0. The molecule has 9 nitrogen and oxygen atoms in total. The molecule has 3 heterocycles. The Bertz CT molecular complexity index is 734. The van der Waals surface area contributed by atoms with Crippen molar-refractivity contribution >= 4 is 0 Å². The molecule has 0 radical (unpaired) electrons. The number of aromatic nitrogens is 3. The molecule has 3 atom stereocenters. The molecule has 21 heavy (non-hydrogen) atoms. The Balaban J connectivity index is 2.02. The zero-order valence-electron chi connectivity index (χ0n) is 10.8. The Hall–Kier alpha value is -2.23. The van der Waals surface area contributed by atoms with Crippen LogP contribution in [-0.4, -0.2) is 43.7 Å². The minimum atomic E-state index is -0.882. The topological polar surface area (TPSA) is 131 Å². The highest BCUT2D eigenvalue weighted by Gasteiger charge is 2.35. The molecule has 3 N–H and O–H groups in total. The van der Waals surface area contributed by atoms with Crippen LogP contribution in [0.5, 0.6) is 0 Å². The third kappa shape index (κ3) is 2.42. The number of hydrogen-bond donors (Lipinski definition) is 3. The Kier molecular flexibility index (Phi) is 3.45. The number of H-pyrrole nitrogens is 1. The van der Waals surface area contributed by atoms with Crippen LogP contribution < -0.4 is 11.2 Å². The second-order valence-electron chi connectivity index (χ2n) is 4.70. The summed E-state index contributed by atoms with van der Waals surface area (Å²) in [5.74, 6) is 0.210. The van der Waals surface area contributed by atoms with Crippen molar-refractivity contribution in [3.63, 3.8) is 0 Å². The summed E-state index contributed by atoms with van der Waals surface area (Å²) >= 11 is 0. The van der Waals surface area contributed by atoms with Gasteiger partial charge in [0.15, 0.2) is 5.76 Å². The average Bonchev–Trinajstić information content (AvgIpc) is 3.08. The maximum absolute atomic E-state index is 11.9. The van der Waals surface area contributed by atoms with Gasteiger partial charge in [-0.05, 0) is 0 Å². The molecule has 1 aliphatic rings. The van der Waals surface area contributed by atoms with Gasteiger partial charge in [0, 0.05) is 18.7 Å². The number of rotatable bonds is 3. The van der Waals surface area contributed by atoms with Crippen molar-refractivity contribution in [2.45, 2.75) is 24.9 Å². The van der Waals surface area contributed by atoms with Crippen molar-refractivity contribution in [1.82, 2.24) is 14.7 Å². The van der Waals surface area contributed by atoms with Crippen molar-refractivity contribution in [2.75, 3.05) is 6.61 Å². The van der Waals surface area contributed by atoms with E-state index in [-0.39, 0.29) is 24.4 Å². The zero-order valence-corrected chi connectivity index (χ0v) is 10.8. The summed E-state index contributed by atoms with van der Waals surface area (Å²) < 4.78 is 11.5. The van der Waals surface area contributed by atoms with Gasteiger partial charge in [0.05, 0.1) is 18.9 Å². The smallest absolute Gasteiger partial charge is 0.330 e. The fraction of sp³-hybridized carbons (Fsp3) is 0.417. The van der Waals surface area contributed by atoms with Crippen molar-refractivity contribution in [3.05, 3.63) is 39.3 Å². The van der Waals surface area contributed by atoms with Crippen molar-refractivity contribution in [2.24, 2.45) is 0 Å². The van der Waals surface area contributed by atoms with E-state index in [4.69, 9.17) is 14.4 Å². The van der Waals surface area contributed by atoms with Crippen LogP contribution in [0.15, 0.2) is 32.6 Å². The van der Waals surface area contributed by atoms with Crippen molar-refractivity contribution in [1.29, 1.82) is 0 Å². The van der Waals surface area contributed by atoms with Crippen molar-refractivity contribution in [3.8, 4) is 11.3 Å². The van der Waals surface area contributed by atoms with E-state index < -0.39 is 29.7 Å². The van der Waals surface area contributed by atoms with E-state index in [1.54, 1.807) is 0 Å². The standard InChI is InChI=1S/C12H13N3O6/c16-5-9-7(17)3-10(20-9)15-4-6(8-1-2-13-21-8)11(18)14-12(15)19/h1-2,4,7,9-10,16-17H,3,5H2,(H,14,18,19)/t7?,9-,10-/m0/s1. The van der Waals surface area contributed by atoms with Gasteiger partial charge in [-0.25, -0.2) is 4.79 Å². The van der Waals surface area contributed by atoms with E-state index in [1.807, 2.05) is 0 Å². The van der Waals surface area contributed by atoms with Gasteiger partial charge in [-0.15, -0.1) is 0 Å². The summed E-state index contributed by atoms with van der Waals surface area (Å²) in [5, 5.41) is 22.3. The molecule has 0 amide bonds. The number of nitrogens with one attached hydrogen (secondary N) is 1. The lowest BCUT2D eigenvalue weighted by atomic mass is 10.2. The predicted molar refractivity (Wildman–Crippen MR) is 68.4 cm³/mol.